The van der Waals surface area contributed by atoms with Crippen molar-refractivity contribution in [1.29, 1.82) is 0 Å². The average Bonchev–Trinajstić information content (AvgIpc) is 2.82. The third kappa shape index (κ3) is 2.97. The van der Waals surface area contributed by atoms with Gasteiger partial charge in [-0.25, -0.2) is 0 Å². The zero-order chi connectivity index (χ0) is 13.0. The minimum absolute atomic E-state index is 0.351. The minimum atomic E-state index is 0.351. The van der Waals surface area contributed by atoms with Crippen molar-refractivity contribution < 1.29 is 4.74 Å². The molecular formula is C11H13BrN4OS. The van der Waals surface area contributed by atoms with E-state index >= 15 is 0 Å². The third-order valence-electron chi connectivity index (χ3n) is 2.13. The van der Waals surface area contributed by atoms with Crippen LogP contribution in [-0.4, -0.2) is 28.6 Å². The van der Waals surface area contributed by atoms with Crippen LogP contribution in [0.1, 0.15) is 13.3 Å². The molecule has 7 heteroatoms. The standard InChI is InChI=1S/C11H13BrN4OS/c1-3-4-17-11-15-9(14-10(13-2)16-11)7-5-18-6-8(7)12/h5-6H,3-4H2,1-2H3,(H,13,14,15,16). The van der Waals surface area contributed by atoms with E-state index in [4.69, 9.17) is 4.74 Å². The van der Waals surface area contributed by atoms with Crippen LogP contribution in [0.15, 0.2) is 15.2 Å². The Morgan fingerprint density at radius 1 is 1.33 bits per heavy atom. The van der Waals surface area contributed by atoms with Gasteiger partial charge in [-0.3, -0.25) is 0 Å². The van der Waals surface area contributed by atoms with Gasteiger partial charge in [-0.05, 0) is 22.4 Å². The van der Waals surface area contributed by atoms with Crippen LogP contribution in [-0.2, 0) is 0 Å². The van der Waals surface area contributed by atoms with E-state index < -0.39 is 0 Å². The molecule has 0 bridgehead atoms. The Morgan fingerprint density at radius 2 is 2.17 bits per heavy atom. The van der Waals surface area contributed by atoms with Crippen LogP contribution in [0.4, 0.5) is 5.95 Å². The maximum atomic E-state index is 5.46. The molecule has 0 fully saturated rings. The average molecular weight is 329 g/mol. The Kier molecular flexibility index (Phi) is 4.48. The van der Waals surface area contributed by atoms with Gasteiger partial charge in [0.05, 0.1) is 6.61 Å². The number of thiophene rings is 1. The summed E-state index contributed by atoms with van der Waals surface area (Å²) in [5.74, 6) is 1.11. The van der Waals surface area contributed by atoms with Gasteiger partial charge in [0.15, 0.2) is 5.82 Å². The van der Waals surface area contributed by atoms with E-state index in [0.29, 0.717) is 24.4 Å². The van der Waals surface area contributed by atoms with Gasteiger partial charge in [-0.2, -0.15) is 26.3 Å². The van der Waals surface area contributed by atoms with E-state index in [-0.39, 0.29) is 0 Å². The summed E-state index contributed by atoms with van der Waals surface area (Å²) >= 11 is 5.07. The quantitative estimate of drug-likeness (QED) is 0.913. The van der Waals surface area contributed by atoms with Gasteiger partial charge in [-0.1, -0.05) is 6.92 Å². The maximum Gasteiger partial charge on any atom is 0.321 e. The highest BCUT2D eigenvalue weighted by Gasteiger charge is 2.12. The second-order valence-electron chi connectivity index (χ2n) is 3.50. The molecule has 0 aliphatic heterocycles. The molecule has 2 rings (SSSR count). The predicted molar refractivity (Wildman–Crippen MR) is 76.2 cm³/mol. The lowest BCUT2D eigenvalue weighted by atomic mass is 10.3. The molecule has 1 N–H and O–H groups in total. The zero-order valence-electron chi connectivity index (χ0n) is 10.1. The van der Waals surface area contributed by atoms with E-state index in [1.807, 2.05) is 17.7 Å². The van der Waals surface area contributed by atoms with Crippen LogP contribution in [0.25, 0.3) is 11.4 Å². The van der Waals surface area contributed by atoms with Crippen LogP contribution >= 0.6 is 27.3 Å². The second-order valence-corrected chi connectivity index (χ2v) is 5.09. The lowest BCUT2D eigenvalue weighted by Gasteiger charge is -2.06. The molecule has 0 aromatic carbocycles. The van der Waals surface area contributed by atoms with E-state index in [0.717, 1.165) is 16.5 Å². The summed E-state index contributed by atoms with van der Waals surface area (Å²) in [6.07, 6.45) is 0.915. The van der Waals surface area contributed by atoms with Gasteiger partial charge < -0.3 is 10.1 Å². The molecule has 0 aliphatic carbocycles. The van der Waals surface area contributed by atoms with Gasteiger partial charge in [-0.15, -0.1) is 0 Å². The summed E-state index contributed by atoms with van der Waals surface area (Å²) < 4.78 is 6.44. The zero-order valence-corrected chi connectivity index (χ0v) is 12.5. The summed E-state index contributed by atoms with van der Waals surface area (Å²) in [4.78, 5) is 12.8. The van der Waals surface area contributed by atoms with Crippen molar-refractivity contribution in [3.05, 3.63) is 15.2 Å². The highest BCUT2D eigenvalue weighted by atomic mass is 79.9. The second kappa shape index (κ2) is 6.10. The number of halogens is 1. The Hall–Kier alpha value is -1.21. The van der Waals surface area contributed by atoms with Crippen LogP contribution in [0, 0.1) is 0 Å². The first-order valence-corrected chi connectivity index (χ1v) is 7.27. The number of nitrogens with zero attached hydrogens (tertiary/aromatic N) is 3. The fraction of sp³-hybridized carbons (Fsp3) is 0.364. The summed E-state index contributed by atoms with van der Waals surface area (Å²) in [6.45, 7) is 2.63. The van der Waals surface area contributed by atoms with Gasteiger partial charge in [0, 0.05) is 27.8 Å². The van der Waals surface area contributed by atoms with Gasteiger partial charge in [0.2, 0.25) is 5.95 Å². The molecule has 0 saturated carbocycles. The molecule has 0 unspecified atom stereocenters. The van der Waals surface area contributed by atoms with Gasteiger partial charge >= 0.3 is 6.01 Å². The molecule has 0 spiro atoms. The minimum Gasteiger partial charge on any atom is -0.463 e. The Morgan fingerprint density at radius 3 is 2.78 bits per heavy atom. The van der Waals surface area contributed by atoms with Gasteiger partial charge in [0.25, 0.3) is 0 Å². The summed E-state index contributed by atoms with van der Waals surface area (Å²) in [6, 6.07) is 0.351. The number of aromatic nitrogens is 3. The van der Waals surface area contributed by atoms with Crippen molar-refractivity contribution in [2.24, 2.45) is 0 Å². The molecule has 0 atom stereocenters. The summed E-state index contributed by atoms with van der Waals surface area (Å²) in [5, 5.41) is 6.89. The summed E-state index contributed by atoms with van der Waals surface area (Å²) in [7, 11) is 1.77. The van der Waals surface area contributed by atoms with Crippen LogP contribution in [0.3, 0.4) is 0 Å². The monoisotopic (exact) mass is 328 g/mol. The first kappa shape index (κ1) is 13.2. The molecular weight excluding hydrogens is 316 g/mol. The Bertz CT molecular complexity index is 532. The first-order valence-electron chi connectivity index (χ1n) is 5.53. The van der Waals surface area contributed by atoms with Crippen molar-refractivity contribution in [3.63, 3.8) is 0 Å². The van der Waals surface area contributed by atoms with Crippen molar-refractivity contribution in [3.8, 4) is 17.4 Å². The molecule has 0 aliphatic rings. The molecule has 2 aromatic heterocycles. The number of hydrogen-bond donors (Lipinski definition) is 1. The highest BCUT2D eigenvalue weighted by Crippen LogP contribution is 2.30. The topological polar surface area (TPSA) is 59.9 Å². The molecule has 5 nitrogen and oxygen atoms in total. The van der Waals surface area contributed by atoms with Crippen LogP contribution in [0.5, 0.6) is 6.01 Å². The largest absolute Gasteiger partial charge is 0.463 e. The lowest BCUT2D eigenvalue weighted by molar-refractivity contribution is 0.292. The van der Waals surface area contributed by atoms with E-state index in [1.54, 1.807) is 18.4 Å². The summed E-state index contributed by atoms with van der Waals surface area (Å²) in [5.41, 5.74) is 0.945. The third-order valence-corrected chi connectivity index (χ3v) is 3.83. The van der Waals surface area contributed by atoms with Crippen LogP contribution in [0.2, 0.25) is 0 Å². The number of nitrogens with one attached hydrogen (secondary N) is 1. The van der Waals surface area contributed by atoms with Gasteiger partial charge in [0.1, 0.15) is 0 Å². The van der Waals surface area contributed by atoms with E-state index in [9.17, 15) is 0 Å². The maximum absolute atomic E-state index is 5.46. The van der Waals surface area contributed by atoms with Crippen LogP contribution < -0.4 is 10.1 Å². The van der Waals surface area contributed by atoms with Crippen molar-refractivity contribution in [1.82, 2.24) is 15.0 Å². The first-order chi connectivity index (χ1) is 8.74. The van der Waals surface area contributed by atoms with Crippen molar-refractivity contribution in [2.45, 2.75) is 13.3 Å². The molecule has 0 amide bonds. The molecule has 0 saturated heterocycles. The molecule has 2 aromatic rings. The predicted octanol–water partition coefficient (Wildman–Crippen LogP) is 3.19. The SMILES string of the molecule is CCCOc1nc(NC)nc(-c2cscc2Br)n1. The number of ether oxygens (including phenoxy) is 1. The fourth-order valence-corrected chi connectivity index (χ4v) is 2.74. The highest BCUT2D eigenvalue weighted by molar-refractivity contribution is 9.10. The lowest BCUT2D eigenvalue weighted by Crippen LogP contribution is -2.05. The number of anilines is 1. The molecule has 18 heavy (non-hydrogen) atoms. The van der Waals surface area contributed by atoms with E-state index in [2.05, 4.69) is 36.2 Å². The van der Waals surface area contributed by atoms with Crippen molar-refractivity contribution >= 4 is 33.2 Å². The molecule has 96 valence electrons. The molecule has 0 radical (unpaired) electrons. The van der Waals surface area contributed by atoms with E-state index in [1.165, 1.54) is 0 Å². The Labute approximate surface area is 118 Å². The smallest absolute Gasteiger partial charge is 0.321 e. The number of hydrogen-bond acceptors (Lipinski definition) is 6. The van der Waals surface area contributed by atoms with Crippen molar-refractivity contribution in [2.75, 3.05) is 19.0 Å². The molecule has 2 heterocycles. The number of rotatable bonds is 5. The normalized spacial score (nSPS) is 10.4. The Balaban J connectivity index is 2.38. The fourth-order valence-electron chi connectivity index (χ4n) is 1.29.